The highest BCUT2D eigenvalue weighted by atomic mass is 16.6. The van der Waals surface area contributed by atoms with Gasteiger partial charge in [-0.25, -0.2) is 4.79 Å². The number of likely N-dealkylation sites (tertiary alicyclic amines) is 1. The third-order valence-corrected chi connectivity index (χ3v) is 4.13. The van der Waals surface area contributed by atoms with Crippen molar-refractivity contribution >= 4 is 6.09 Å². The highest BCUT2D eigenvalue weighted by Crippen LogP contribution is 2.23. The second-order valence-corrected chi connectivity index (χ2v) is 7.25. The van der Waals surface area contributed by atoms with Gasteiger partial charge in [0.2, 0.25) is 0 Å². The molecule has 1 aliphatic heterocycles. The molecule has 1 N–H and O–H groups in total. The minimum absolute atomic E-state index is 0.0450. The quantitative estimate of drug-likeness (QED) is 0.880. The average Bonchev–Trinajstić information content (AvgIpc) is 3.00. The third-order valence-electron chi connectivity index (χ3n) is 4.13. The predicted octanol–water partition coefficient (Wildman–Crippen LogP) is 4.27. The van der Waals surface area contributed by atoms with Crippen molar-refractivity contribution < 1.29 is 14.3 Å². The van der Waals surface area contributed by atoms with Crippen LogP contribution >= 0.6 is 0 Å². The van der Waals surface area contributed by atoms with Crippen molar-refractivity contribution in [2.75, 3.05) is 13.2 Å². The Morgan fingerprint density at radius 3 is 2.87 bits per heavy atom. The maximum atomic E-state index is 12.4. The number of ether oxygens (including phenoxy) is 2. The molecular formula is C18H30N2O3. The summed E-state index contributed by atoms with van der Waals surface area (Å²) in [6, 6.07) is 4.22. The lowest BCUT2D eigenvalue weighted by Gasteiger charge is -2.37. The first-order valence-electron chi connectivity index (χ1n) is 8.61. The van der Waals surface area contributed by atoms with Gasteiger partial charge in [-0.15, -0.1) is 0 Å². The van der Waals surface area contributed by atoms with Crippen molar-refractivity contribution in [3.63, 3.8) is 0 Å². The summed E-state index contributed by atoms with van der Waals surface area (Å²) in [7, 11) is 0. The molecule has 1 aromatic heterocycles. The van der Waals surface area contributed by atoms with Crippen molar-refractivity contribution in [1.29, 1.82) is 0 Å². The van der Waals surface area contributed by atoms with Crippen LogP contribution in [-0.2, 0) is 9.47 Å². The molecule has 1 amide bonds. The zero-order valence-electron chi connectivity index (χ0n) is 14.8. The van der Waals surface area contributed by atoms with E-state index in [4.69, 9.17) is 9.47 Å². The van der Waals surface area contributed by atoms with Crippen molar-refractivity contribution in [1.82, 2.24) is 9.88 Å². The van der Waals surface area contributed by atoms with Gasteiger partial charge in [-0.05, 0) is 65.5 Å². The van der Waals surface area contributed by atoms with Crippen LogP contribution in [0.5, 0.6) is 0 Å². The molecule has 1 fully saturated rings. The van der Waals surface area contributed by atoms with Crippen molar-refractivity contribution in [3.05, 3.63) is 24.0 Å². The number of hydrogen-bond acceptors (Lipinski definition) is 3. The van der Waals surface area contributed by atoms with Crippen molar-refractivity contribution in [2.24, 2.45) is 0 Å². The molecule has 0 spiro atoms. The molecule has 2 atom stereocenters. The summed E-state index contributed by atoms with van der Waals surface area (Å²) >= 11 is 0. The molecular weight excluding hydrogens is 292 g/mol. The number of nitrogens with one attached hydrogen (secondary N) is 1. The monoisotopic (exact) mass is 322 g/mol. The van der Waals surface area contributed by atoms with E-state index in [2.05, 4.69) is 4.98 Å². The van der Waals surface area contributed by atoms with Crippen molar-refractivity contribution in [3.8, 4) is 0 Å². The van der Waals surface area contributed by atoms with Crippen LogP contribution in [0.1, 0.15) is 65.2 Å². The molecule has 0 saturated carbocycles. The van der Waals surface area contributed by atoms with Gasteiger partial charge in [-0.2, -0.15) is 0 Å². The second kappa shape index (κ2) is 7.86. The van der Waals surface area contributed by atoms with E-state index in [1.165, 1.54) is 0 Å². The molecule has 0 radical (unpaired) electrons. The lowest BCUT2D eigenvalue weighted by molar-refractivity contribution is -0.000561. The molecule has 23 heavy (non-hydrogen) atoms. The van der Waals surface area contributed by atoms with Crippen LogP contribution in [0.2, 0.25) is 0 Å². The summed E-state index contributed by atoms with van der Waals surface area (Å²) in [5.41, 5.74) is 0.634. The zero-order valence-corrected chi connectivity index (χ0v) is 14.8. The lowest BCUT2D eigenvalue weighted by Crippen LogP contribution is -2.46. The summed E-state index contributed by atoms with van der Waals surface area (Å²) in [6.45, 7) is 9.19. The van der Waals surface area contributed by atoms with Gasteiger partial charge in [0.15, 0.2) is 0 Å². The Hall–Kier alpha value is -1.49. The number of amides is 1. The Bertz CT molecular complexity index is 479. The van der Waals surface area contributed by atoms with Crippen LogP contribution in [0, 0.1) is 0 Å². The summed E-state index contributed by atoms with van der Waals surface area (Å²) in [5, 5.41) is 0. The minimum Gasteiger partial charge on any atom is -0.444 e. The first kappa shape index (κ1) is 17.9. The first-order chi connectivity index (χ1) is 10.9. The molecule has 2 heterocycles. The van der Waals surface area contributed by atoms with Gasteiger partial charge >= 0.3 is 6.09 Å². The van der Waals surface area contributed by atoms with Crippen molar-refractivity contribution in [2.45, 2.75) is 71.1 Å². The van der Waals surface area contributed by atoms with E-state index in [0.29, 0.717) is 6.61 Å². The van der Waals surface area contributed by atoms with E-state index < -0.39 is 5.60 Å². The fourth-order valence-electron chi connectivity index (χ4n) is 2.93. The van der Waals surface area contributed by atoms with Crippen LogP contribution in [-0.4, -0.2) is 40.8 Å². The zero-order chi connectivity index (χ0) is 16.9. The Morgan fingerprint density at radius 1 is 1.43 bits per heavy atom. The van der Waals surface area contributed by atoms with E-state index in [1.807, 2.05) is 50.9 Å². The fraction of sp³-hybridized carbons (Fsp3) is 0.722. The van der Waals surface area contributed by atoms with Gasteiger partial charge in [-0.1, -0.05) is 0 Å². The van der Waals surface area contributed by atoms with E-state index >= 15 is 0 Å². The molecule has 2 rings (SSSR count). The number of nitrogens with zero attached hydrogens (tertiary/aromatic N) is 1. The molecule has 130 valence electrons. The Labute approximate surface area is 139 Å². The molecule has 0 unspecified atom stereocenters. The molecule has 1 saturated heterocycles. The fourth-order valence-corrected chi connectivity index (χ4v) is 2.93. The molecule has 5 nitrogen and oxygen atoms in total. The lowest BCUT2D eigenvalue weighted by atomic mass is 10.0. The van der Waals surface area contributed by atoms with Gasteiger partial charge in [0.25, 0.3) is 0 Å². The molecule has 0 bridgehead atoms. The van der Waals surface area contributed by atoms with Gasteiger partial charge in [0, 0.05) is 31.1 Å². The summed E-state index contributed by atoms with van der Waals surface area (Å²) in [5.74, 6) is 0. The van der Waals surface area contributed by atoms with Crippen LogP contribution in [0.25, 0.3) is 0 Å². The SMILES string of the molecule is C[C@H](OCC[C@@H]1CCCCN1C(=O)OC(C)(C)C)c1ccc[nH]1. The number of aromatic amines is 1. The van der Waals surface area contributed by atoms with Crippen LogP contribution in [0.4, 0.5) is 4.79 Å². The maximum absolute atomic E-state index is 12.4. The number of carbonyl (C=O) groups is 1. The van der Waals surface area contributed by atoms with Gasteiger partial charge in [0.05, 0.1) is 6.10 Å². The number of carbonyl (C=O) groups excluding carboxylic acids is 1. The summed E-state index contributed by atoms with van der Waals surface area (Å²) in [4.78, 5) is 17.4. The Balaban J connectivity index is 1.82. The number of H-pyrrole nitrogens is 1. The average molecular weight is 322 g/mol. The van der Waals surface area contributed by atoms with Crippen LogP contribution < -0.4 is 0 Å². The van der Waals surface area contributed by atoms with Crippen LogP contribution in [0.15, 0.2) is 18.3 Å². The number of hydrogen-bond donors (Lipinski definition) is 1. The van der Waals surface area contributed by atoms with E-state index in [0.717, 1.165) is 37.9 Å². The molecule has 1 aliphatic rings. The van der Waals surface area contributed by atoms with E-state index in [9.17, 15) is 4.79 Å². The number of piperidine rings is 1. The molecule has 5 heteroatoms. The Kier molecular flexibility index (Phi) is 6.10. The maximum Gasteiger partial charge on any atom is 0.410 e. The molecule has 0 aromatic carbocycles. The van der Waals surface area contributed by atoms with Gasteiger partial charge in [0.1, 0.15) is 5.60 Å². The topological polar surface area (TPSA) is 54.6 Å². The largest absolute Gasteiger partial charge is 0.444 e. The predicted molar refractivity (Wildman–Crippen MR) is 90.4 cm³/mol. The van der Waals surface area contributed by atoms with Gasteiger partial charge < -0.3 is 19.4 Å². The highest BCUT2D eigenvalue weighted by molar-refractivity contribution is 5.68. The highest BCUT2D eigenvalue weighted by Gasteiger charge is 2.30. The minimum atomic E-state index is -0.447. The second-order valence-electron chi connectivity index (χ2n) is 7.25. The standard InChI is InChI=1S/C18H30N2O3/c1-14(16-9-7-11-19-16)22-13-10-15-8-5-6-12-20(15)17(21)23-18(2,3)4/h7,9,11,14-15,19H,5-6,8,10,12-13H2,1-4H3/t14-,15-/m0/s1. The number of rotatable bonds is 5. The molecule has 1 aromatic rings. The Morgan fingerprint density at radius 2 is 2.22 bits per heavy atom. The number of aromatic nitrogens is 1. The van der Waals surface area contributed by atoms with Crippen LogP contribution in [0.3, 0.4) is 0 Å². The van der Waals surface area contributed by atoms with E-state index in [1.54, 1.807) is 0 Å². The smallest absolute Gasteiger partial charge is 0.410 e. The first-order valence-corrected chi connectivity index (χ1v) is 8.61. The van der Waals surface area contributed by atoms with E-state index in [-0.39, 0.29) is 18.2 Å². The summed E-state index contributed by atoms with van der Waals surface area (Å²) in [6.07, 6.45) is 5.85. The molecule has 0 aliphatic carbocycles. The summed E-state index contributed by atoms with van der Waals surface area (Å²) < 4.78 is 11.4. The van der Waals surface area contributed by atoms with Gasteiger partial charge in [-0.3, -0.25) is 0 Å². The normalized spacial score (nSPS) is 20.3. The third kappa shape index (κ3) is 5.57.